The topological polar surface area (TPSA) is 79.9 Å². The minimum Gasteiger partial charge on any atom is -0.493 e. The van der Waals surface area contributed by atoms with E-state index < -0.39 is 18.0 Å². The van der Waals surface area contributed by atoms with Gasteiger partial charge in [-0.05, 0) is 42.8 Å². The van der Waals surface area contributed by atoms with Crippen molar-refractivity contribution in [2.45, 2.75) is 19.5 Å². The molecule has 0 aromatic heterocycles. The Bertz CT molecular complexity index is 824. The maximum atomic E-state index is 12.8. The number of ether oxygens (including phenoxy) is 2. The van der Waals surface area contributed by atoms with Crippen LogP contribution in [-0.2, 0) is 11.3 Å². The Balaban J connectivity index is 2.34. The van der Waals surface area contributed by atoms with Crippen LogP contribution >= 0.6 is 0 Å². The lowest BCUT2D eigenvalue weighted by Crippen LogP contribution is -2.44. The highest BCUT2D eigenvalue weighted by molar-refractivity contribution is 5.97. The molecular weight excluding hydrogens is 358 g/mol. The second-order valence-corrected chi connectivity index (χ2v) is 6.43. The molecule has 0 saturated carbocycles. The maximum absolute atomic E-state index is 12.8. The number of carbonyl (C=O) groups is 2. The zero-order chi connectivity index (χ0) is 20.7. The quantitative estimate of drug-likeness (QED) is 0.766. The van der Waals surface area contributed by atoms with Gasteiger partial charge in [0.25, 0.3) is 0 Å². The summed E-state index contributed by atoms with van der Waals surface area (Å²) in [5.74, 6) is 0.886. The van der Waals surface area contributed by atoms with E-state index in [0.717, 1.165) is 16.7 Å². The average molecular weight is 385 g/mol. The molecule has 1 atom stereocenters. The van der Waals surface area contributed by atoms with Gasteiger partial charge in [0.1, 0.15) is 6.04 Å². The van der Waals surface area contributed by atoms with Gasteiger partial charge < -0.3 is 14.8 Å². The first-order valence-corrected chi connectivity index (χ1v) is 8.90. The third kappa shape index (κ3) is 5.01. The summed E-state index contributed by atoms with van der Waals surface area (Å²) in [5.41, 5.74) is 2.81. The molecule has 7 nitrogen and oxygen atoms in total. The molecule has 2 aromatic carbocycles. The van der Waals surface area contributed by atoms with E-state index >= 15 is 0 Å². The lowest BCUT2D eigenvalue weighted by Gasteiger charge is -2.28. The molecule has 0 unspecified atom stereocenters. The van der Waals surface area contributed by atoms with Crippen LogP contribution in [-0.4, -0.2) is 45.2 Å². The van der Waals surface area contributed by atoms with Crippen LogP contribution in [0.2, 0.25) is 0 Å². The van der Waals surface area contributed by atoms with Crippen molar-refractivity contribution >= 4 is 11.9 Å². The highest BCUT2D eigenvalue weighted by Crippen LogP contribution is 2.32. The van der Waals surface area contributed by atoms with E-state index in [-0.39, 0.29) is 0 Å². The fourth-order valence-corrected chi connectivity index (χ4v) is 3.04. The van der Waals surface area contributed by atoms with Gasteiger partial charge in [-0.3, -0.25) is 15.0 Å². The molecule has 0 radical (unpaired) electrons. The zero-order valence-corrected chi connectivity index (χ0v) is 16.9. The summed E-state index contributed by atoms with van der Waals surface area (Å²) in [6.07, 6.45) is 0. The lowest BCUT2D eigenvalue weighted by molar-refractivity contribution is -0.125. The second-order valence-electron chi connectivity index (χ2n) is 6.43. The number of aryl methyl sites for hydroxylation is 1. The third-order valence-corrected chi connectivity index (χ3v) is 4.53. The first-order chi connectivity index (χ1) is 13.4. The predicted octanol–water partition coefficient (Wildman–Crippen LogP) is 2.64. The standard InChI is InChI=1S/C21H27N3O4/c1-14-11-17(27-4)18(28-5)12-16(14)13-24(3)19(15-9-7-6-8-10-15)20(25)23-21(26)22-2/h6-12,19H,13H2,1-5H3,(H2,22,23,25,26)/t19-/m1/s1. The predicted molar refractivity (Wildman–Crippen MR) is 108 cm³/mol. The second kappa shape index (κ2) is 9.75. The molecule has 0 aliphatic carbocycles. The van der Waals surface area contributed by atoms with Gasteiger partial charge >= 0.3 is 6.03 Å². The van der Waals surface area contributed by atoms with Gasteiger partial charge in [0.05, 0.1) is 14.2 Å². The summed E-state index contributed by atoms with van der Waals surface area (Å²) in [5, 5.41) is 4.78. The summed E-state index contributed by atoms with van der Waals surface area (Å²) in [4.78, 5) is 26.3. The van der Waals surface area contributed by atoms with Crippen molar-refractivity contribution in [3.63, 3.8) is 0 Å². The van der Waals surface area contributed by atoms with Gasteiger partial charge in [-0.1, -0.05) is 30.3 Å². The first-order valence-electron chi connectivity index (χ1n) is 8.90. The third-order valence-electron chi connectivity index (χ3n) is 4.53. The minimum atomic E-state index is -0.633. The molecule has 3 amide bonds. The Morgan fingerprint density at radius 3 is 2.25 bits per heavy atom. The highest BCUT2D eigenvalue weighted by atomic mass is 16.5. The van der Waals surface area contributed by atoms with Crippen LogP contribution < -0.4 is 20.1 Å². The molecule has 0 fully saturated rings. The Morgan fingerprint density at radius 2 is 1.68 bits per heavy atom. The number of benzene rings is 2. The number of amides is 3. The number of methoxy groups -OCH3 is 2. The van der Waals surface area contributed by atoms with Crippen molar-refractivity contribution < 1.29 is 19.1 Å². The molecule has 28 heavy (non-hydrogen) atoms. The SMILES string of the molecule is CNC(=O)NC(=O)[C@@H](c1ccccc1)N(C)Cc1cc(OC)c(OC)cc1C. The average Bonchev–Trinajstić information content (AvgIpc) is 2.69. The van der Waals surface area contributed by atoms with Gasteiger partial charge in [-0.15, -0.1) is 0 Å². The summed E-state index contributed by atoms with van der Waals surface area (Å²) in [7, 11) is 6.50. The van der Waals surface area contributed by atoms with Crippen LogP contribution in [0.5, 0.6) is 11.5 Å². The van der Waals surface area contributed by atoms with Crippen molar-refractivity contribution in [1.29, 1.82) is 0 Å². The van der Waals surface area contributed by atoms with Crippen molar-refractivity contribution in [2.24, 2.45) is 0 Å². The van der Waals surface area contributed by atoms with E-state index in [2.05, 4.69) is 10.6 Å². The molecule has 0 bridgehead atoms. The number of likely N-dealkylation sites (N-methyl/N-ethyl adjacent to an activating group) is 1. The van der Waals surface area contributed by atoms with Gasteiger partial charge in [0.2, 0.25) is 5.91 Å². The van der Waals surface area contributed by atoms with Crippen LogP contribution in [0.15, 0.2) is 42.5 Å². The molecule has 0 heterocycles. The molecule has 0 aliphatic heterocycles. The van der Waals surface area contributed by atoms with Gasteiger partial charge in [0.15, 0.2) is 11.5 Å². The summed E-state index contributed by atoms with van der Waals surface area (Å²) in [6, 6.07) is 12.0. The Hall–Kier alpha value is -3.06. The molecular formula is C21H27N3O4. The van der Waals surface area contributed by atoms with E-state index in [1.165, 1.54) is 7.05 Å². The number of carbonyl (C=O) groups excluding carboxylic acids is 2. The van der Waals surface area contributed by atoms with Crippen molar-refractivity contribution in [3.8, 4) is 11.5 Å². The Kier molecular flexibility index (Phi) is 7.40. The van der Waals surface area contributed by atoms with Crippen LogP contribution in [0.3, 0.4) is 0 Å². The molecule has 150 valence electrons. The smallest absolute Gasteiger partial charge is 0.321 e. The molecule has 0 spiro atoms. The molecule has 0 saturated heterocycles. The number of urea groups is 1. The lowest BCUT2D eigenvalue weighted by atomic mass is 10.0. The van der Waals surface area contributed by atoms with Crippen LogP contribution in [0.25, 0.3) is 0 Å². The van der Waals surface area contributed by atoms with Gasteiger partial charge in [-0.25, -0.2) is 4.79 Å². The number of imide groups is 1. The van der Waals surface area contributed by atoms with E-state index in [1.54, 1.807) is 14.2 Å². The monoisotopic (exact) mass is 385 g/mol. The fraction of sp³-hybridized carbons (Fsp3) is 0.333. The number of hydrogen-bond donors (Lipinski definition) is 2. The van der Waals surface area contributed by atoms with E-state index in [0.29, 0.717) is 18.0 Å². The molecule has 2 aromatic rings. The van der Waals surface area contributed by atoms with E-state index in [9.17, 15) is 9.59 Å². The van der Waals surface area contributed by atoms with Crippen LogP contribution in [0.1, 0.15) is 22.7 Å². The first kappa shape index (κ1) is 21.2. The molecule has 7 heteroatoms. The van der Waals surface area contributed by atoms with Gasteiger partial charge in [-0.2, -0.15) is 0 Å². The fourth-order valence-electron chi connectivity index (χ4n) is 3.04. The van der Waals surface area contributed by atoms with Crippen molar-refractivity contribution in [2.75, 3.05) is 28.3 Å². The maximum Gasteiger partial charge on any atom is 0.321 e. The minimum absolute atomic E-state index is 0.397. The van der Waals surface area contributed by atoms with Crippen LogP contribution in [0.4, 0.5) is 4.79 Å². The normalized spacial score (nSPS) is 11.6. The molecule has 2 N–H and O–H groups in total. The van der Waals surface area contributed by atoms with E-state index in [1.807, 2.05) is 61.3 Å². The van der Waals surface area contributed by atoms with Crippen molar-refractivity contribution in [3.05, 3.63) is 59.2 Å². The van der Waals surface area contributed by atoms with Crippen LogP contribution in [0, 0.1) is 6.92 Å². The number of nitrogens with one attached hydrogen (secondary N) is 2. The van der Waals surface area contributed by atoms with Crippen molar-refractivity contribution in [1.82, 2.24) is 15.5 Å². The van der Waals surface area contributed by atoms with E-state index in [4.69, 9.17) is 9.47 Å². The largest absolute Gasteiger partial charge is 0.493 e. The molecule has 2 rings (SSSR count). The number of nitrogens with zero attached hydrogens (tertiary/aromatic N) is 1. The zero-order valence-electron chi connectivity index (χ0n) is 16.9. The Labute approximate surface area is 165 Å². The van der Waals surface area contributed by atoms with Gasteiger partial charge in [0, 0.05) is 13.6 Å². The number of hydrogen-bond acceptors (Lipinski definition) is 5. The number of rotatable bonds is 7. The Morgan fingerprint density at radius 1 is 1.07 bits per heavy atom. The summed E-state index contributed by atoms with van der Waals surface area (Å²) in [6.45, 7) is 2.46. The summed E-state index contributed by atoms with van der Waals surface area (Å²) < 4.78 is 10.7. The highest BCUT2D eigenvalue weighted by Gasteiger charge is 2.27. The summed E-state index contributed by atoms with van der Waals surface area (Å²) >= 11 is 0. The molecule has 0 aliphatic rings.